The largest absolute Gasteiger partial charge is 0.346 e. The molecule has 1 atom stereocenters. The van der Waals surface area contributed by atoms with Crippen molar-refractivity contribution < 1.29 is 8.42 Å². The van der Waals surface area contributed by atoms with Crippen molar-refractivity contribution in [2.75, 3.05) is 6.54 Å². The predicted molar refractivity (Wildman–Crippen MR) is 103 cm³/mol. The van der Waals surface area contributed by atoms with Crippen LogP contribution in [-0.2, 0) is 16.6 Å². The van der Waals surface area contributed by atoms with Crippen LogP contribution < -0.4 is 0 Å². The number of halogens is 1. The van der Waals surface area contributed by atoms with E-state index in [1.165, 1.54) is 5.69 Å². The Hall–Kier alpha value is -1.63. The van der Waals surface area contributed by atoms with Gasteiger partial charge >= 0.3 is 0 Å². The predicted octanol–water partition coefficient (Wildman–Crippen LogP) is 4.48. The third kappa shape index (κ3) is 2.55. The smallest absolute Gasteiger partial charge is 0.244 e. The summed E-state index contributed by atoms with van der Waals surface area (Å²) in [6, 6.07) is 15.0. The third-order valence-electron chi connectivity index (χ3n) is 5.05. The number of aryl methyl sites for hydroxylation is 1. The van der Waals surface area contributed by atoms with Gasteiger partial charge in [-0.05, 0) is 43.5 Å². The van der Waals surface area contributed by atoms with Crippen LogP contribution in [-0.4, -0.2) is 23.8 Å². The van der Waals surface area contributed by atoms with E-state index < -0.39 is 10.0 Å². The molecule has 2 aromatic carbocycles. The number of nitrogens with zero attached hydrogens (tertiary/aromatic N) is 2. The third-order valence-corrected chi connectivity index (χ3v) is 7.77. The van der Waals surface area contributed by atoms with E-state index in [1.54, 1.807) is 10.4 Å². The van der Waals surface area contributed by atoms with Gasteiger partial charge in [0.05, 0.1) is 10.9 Å². The van der Waals surface area contributed by atoms with E-state index in [9.17, 15) is 8.42 Å². The summed E-state index contributed by atoms with van der Waals surface area (Å²) in [5, 5.41) is 1.66. The van der Waals surface area contributed by atoms with Crippen LogP contribution in [0, 0.1) is 6.92 Å². The average Bonchev–Trinajstić information content (AvgIpc) is 2.97. The molecule has 4 rings (SSSR count). The fourth-order valence-corrected chi connectivity index (χ4v) is 5.99. The number of benzene rings is 2. The normalized spacial score (nSPS) is 18.4. The van der Waals surface area contributed by atoms with E-state index in [2.05, 4.69) is 33.5 Å². The Morgan fingerprint density at radius 1 is 1.00 bits per heavy atom. The van der Waals surface area contributed by atoms with E-state index >= 15 is 0 Å². The summed E-state index contributed by atoms with van der Waals surface area (Å²) in [5.41, 5.74) is 2.22. The van der Waals surface area contributed by atoms with Gasteiger partial charge in [-0.25, -0.2) is 8.42 Å². The lowest BCUT2D eigenvalue weighted by Gasteiger charge is -2.34. The molecule has 0 saturated heterocycles. The quantitative estimate of drug-likeness (QED) is 0.615. The van der Waals surface area contributed by atoms with Crippen molar-refractivity contribution in [2.24, 2.45) is 0 Å². The highest BCUT2D eigenvalue weighted by Gasteiger charge is 2.35. The lowest BCUT2D eigenvalue weighted by Crippen LogP contribution is -2.41. The highest BCUT2D eigenvalue weighted by atomic mass is 79.9. The summed E-state index contributed by atoms with van der Waals surface area (Å²) in [4.78, 5) is 0.370. The molecule has 1 aliphatic heterocycles. The van der Waals surface area contributed by atoms with Crippen LogP contribution in [0.25, 0.3) is 10.8 Å². The van der Waals surface area contributed by atoms with Crippen molar-refractivity contribution in [3.63, 3.8) is 0 Å². The summed E-state index contributed by atoms with van der Waals surface area (Å²) >= 11 is 3.52. The highest BCUT2D eigenvalue weighted by molar-refractivity contribution is 9.10. The van der Waals surface area contributed by atoms with Crippen LogP contribution in [0.15, 0.2) is 57.9 Å². The summed E-state index contributed by atoms with van der Waals surface area (Å²) in [5.74, 6) is 0. The van der Waals surface area contributed by atoms with Gasteiger partial charge in [-0.3, -0.25) is 0 Å². The molecule has 1 aromatic heterocycles. The Labute approximate surface area is 156 Å². The number of fused-ring (bicyclic) bond motifs is 2. The van der Waals surface area contributed by atoms with E-state index in [4.69, 9.17) is 0 Å². The van der Waals surface area contributed by atoms with Crippen LogP contribution in [0.3, 0.4) is 0 Å². The van der Waals surface area contributed by atoms with E-state index in [0.717, 1.165) is 20.9 Å². The molecule has 2 heterocycles. The molecule has 0 spiro atoms. The van der Waals surface area contributed by atoms with Gasteiger partial charge < -0.3 is 4.57 Å². The molecule has 3 aromatic rings. The zero-order chi connectivity index (χ0) is 17.8. The maximum absolute atomic E-state index is 13.4. The molecule has 0 N–H and O–H groups in total. The Kier molecular flexibility index (Phi) is 4.02. The molecule has 0 fully saturated rings. The molecule has 1 aliphatic rings. The summed E-state index contributed by atoms with van der Waals surface area (Å²) < 4.78 is 31.6. The van der Waals surface area contributed by atoms with Gasteiger partial charge in [-0.2, -0.15) is 4.31 Å². The highest BCUT2D eigenvalue weighted by Crippen LogP contribution is 2.36. The Bertz CT molecular complexity index is 1070. The van der Waals surface area contributed by atoms with Gasteiger partial charge in [0.25, 0.3) is 0 Å². The molecule has 0 amide bonds. The van der Waals surface area contributed by atoms with Crippen molar-refractivity contribution in [3.05, 3.63) is 64.4 Å². The number of hydrogen-bond acceptors (Lipinski definition) is 2. The minimum Gasteiger partial charge on any atom is -0.346 e. The van der Waals surface area contributed by atoms with Gasteiger partial charge in [0.15, 0.2) is 0 Å². The van der Waals surface area contributed by atoms with E-state index in [0.29, 0.717) is 18.0 Å². The lowest BCUT2D eigenvalue weighted by atomic mass is 10.1. The zero-order valence-electron chi connectivity index (χ0n) is 14.1. The standard InChI is InChI=1S/C19H19BrN2O2S/c1-13-7-9-18-14(2)22(12-11-21(13)18)25(23,24)19-10-8-17(20)15-5-3-4-6-16(15)19/h3-10,14H,11-12H2,1-2H3/t14-/m1/s1. The van der Waals surface area contributed by atoms with Crippen LogP contribution in [0.2, 0.25) is 0 Å². The zero-order valence-corrected chi connectivity index (χ0v) is 16.5. The molecule has 4 nitrogen and oxygen atoms in total. The van der Waals surface area contributed by atoms with Crippen LogP contribution in [0.1, 0.15) is 24.4 Å². The van der Waals surface area contributed by atoms with Gasteiger partial charge in [0, 0.05) is 34.3 Å². The topological polar surface area (TPSA) is 42.3 Å². The first kappa shape index (κ1) is 16.8. The second-order valence-corrected chi connectivity index (χ2v) is 9.15. The van der Waals surface area contributed by atoms with Crippen LogP contribution in [0.5, 0.6) is 0 Å². The molecule has 25 heavy (non-hydrogen) atoms. The average molecular weight is 419 g/mol. The minimum absolute atomic E-state index is 0.185. The molecule has 0 aliphatic carbocycles. The Morgan fingerprint density at radius 3 is 2.48 bits per heavy atom. The second kappa shape index (κ2) is 5.97. The molecular formula is C19H19BrN2O2S. The van der Waals surface area contributed by atoms with Crippen molar-refractivity contribution in [1.29, 1.82) is 0 Å². The van der Waals surface area contributed by atoms with Crippen molar-refractivity contribution in [3.8, 4) is 0 Å². The molecule has 0 bridgehead atoms. The number of aromatic nitrogens is 1. The first-order chi connectivity index (χ1) is 11.9. The van der Waals surface area contributed by atoms with Gasteiger partial charge in [0.2, 0.25) is 10.0 Å². The molecule has 130 valence electrons. The van der Waals surface area contributed by atoms with E-state index in [-0.39, 0.29) is 6.04 Å². The summed E-state index contributed by atoms with van der Waals surface area (Å²) in [7, 11) is -3.59. The van der Waals surface area contributed by atoms with Crippen LogP contribution in [0.4, 0.5) is 0 Å². The number of sulfonamides is 1. The van der Waals surface area contributed by atoms with E-state index in [1.807, 2.05) is 43.3 Å². The lowest BCUT2D eigenvalue weighted by molar-refractivity contribution is 0.281. The number of hydrogen-bond donors (Lipinski definition) is 0. The molecular weight excluding hydrogens is 400 g/mol. The van der Waals surface area contributed by atoms with Gasteiger partial charge in [0.1, 0.15) is 0 Å². The minimum atomic E-state index is -3.59. The summed E-state index contributed by atoms with van der Waals surface area (Å²) in [6.07, 6.45) is 0. The second-order valence-electron chi connectivity index (χ2n) is 6.43. The molecule has 0 radical (unpaired) electrons. The Balaban J connectivity index is 1.85. The maximum Gasteiger partial charge on any atom is 0.244 e. The number of rotatable bonds is 2. The van der Waals surface area contributed by atoms with Crippen LogP contribution >= 0.6 is 15.9 Å². The summed E-state index contributed by atoms with van der Waals surface area (Å²) in [6.45, 7) is 5.19. The van der Waals surface area contributed by atoms with Crippen molar-refractivity contribution >= 4 is 36.7 Å². The maximum atomic E-state index is 13.4. The Morgan fingerprint density at radius 2 is 1.72 bits per heavy atom. The monoisotopic (exact) mass is 418 g/mol. The molecule has 0 saturated carbocycles. The molecule has 0 unspecified atom stereocenters. The van der Waals surface area contributed by atoms with Crippen molar-refractivity contribution in [2.45, 2.75) is 31.3 Å². The van der Waals surface area contributed by atoms with Gasteiger partial charge in [-0.1, -0.05) is 40.2 Å². The fraction of sp³-hybridized carbons (Fsp3) is 0.263. The first-order valence-corrected chi connectivity index (χ1v) is 10.5. The first-order valence-electron chi connectivity index (χ1n) is 8.26. The van der Waals surface area contributed by atoms with Crippen molar-refractivity contribution in [1.82, 2.24) is 8.87 Å². The SMILES string of the molecule is Cc1ccc2n1CCN(S(=O)(=O)c1ccc(Br)c3ccccc13)[C@@H]2C. The van der Waals surface area contributed by atoms with Gasteiger partial charge in [-0.15, -0.1) is 0 Å². The molecule has 6 heteroatoms. The fourth-order valence-electron chi connectivity index (χ4n) is 3.71.